The zero-order valence-electron chi connectivity index (χ0n) is 12.4. The molecule has 1 unspecified atom stereocenters. The molecule has 0 bridgehead atoms. The van der Waals surface area contributed by atoms with E-state index in [9.17, 15) is 0 Å². The zero-order chi connectivity index (χ0) is 14.7. The van der Waals surface area contributed by atoms with Gasteiger partial charge in [-0.3, -0.25) is 0 Å². The molecule has 0 saturated heterocycles. The molecule has 2 heterocycles. The van der Waals surface area contributed by atoms with Crippen LogP contribution in [0.1, 0.15) is 11.7 Å². The molecule has 2 nitrogen and oxygen atoms in total. The summed E-state index contributed by atoms with van der Waals surface area (Å²) in [5, 5.41) is 0. The van der Waals surface area contributed by atoms with Gasteiger partial charge >= 0.3 is 0 Å². The van der Waals surface area contributed by atoms with Gasteiger partial charge in [-0.25, -0.2) is 0 Å². The van der Waals surface area contributed by atoms with E-state index in [0.717, 1.165) is 0 Å². The zero-order valence-corrected chi connectivity index (χ0v) is 12.4. The van der Waals surface area contributed by atoms with Crippen LogP contribution in [0.25, 0.3) is 11.1 Å². The molecule has 1 atom stereocenters. The first-order valence-corrected chi connectivity index (χ1v) is 7.66. The second kappa shape index (κ2) is 4.14. The Morgan fingerprint density at radius 1 is 0.636 bits per heavy atom. The fraction of sp³-hybridized carbons (Fsp3) is 0.100. The van der Waals surface area contributed by atoms with Crippen molar-refractivity contribution in [2.45, 2.75) is 6.17 Å². The highest BCUT2D eigenvalue weighted by atomic mass is 15.4. The average molecular weight is 284 g/mol. The maximum Gasteiger partial charge on any atom is 0.133 e. The van der Waals surface area contributed by atoms with E-state index in [1.54, 1.807) is 0 Å². The Balaban J connectivity index is 1.88. The van der Waals surface area contributed by atoms with Crippen LogP contribution in [0.15, 0.2) is 72.8 Å². The molecule has 2 heteroatoms. The van der Waals surface area contributed by atoms with Crippen LogP contribution in [0.5, 0.6) is 0 Å². The van der Waals surface area contributed by atoms with Crippen molar-refractivity contribution >= 4 is 17.1 Å². The molecule has 106 valence electrons. The van der Waals surface area contributed by atoms with E-state index >= 15 is 0 Å². The lowest BCUT2D eigenvalue weighted by Crippen LogP contribution is -2.33. The van der Waals surface area contributed by atoms with Crippen LogP contribution < -0.4 is 9.80 Å². The average Bonchev–Trinajstić information content (AvgIpc) is 2.89. The van der Waals surface area contributed by atoms with Crippen molar-refractivity contribution in [3.8, 4) is 11.1 Å². The predicted molar refractivity (Wildman–Crippen MR) is 91.6 cm³/mol. The van der Waals surface area contributed by atoms with Crippen LogP contribution in [0, 0.1) is 0 Å². The minimum Gasteiger partial charge on any atom is -0.348 e. The molecule has 2 aliphatic heterocycles. The van der Waals surface area contributed by atoms with Gasteiger partial charge in [0.2, 0.25) is 0 Å². The highest BCUT2D eigenvalue weighted by molar-refractivity contribution is 5.94. The van der Waals surface area contributed by atoms with Gasteiger partial charge in [-0.15, -0.1) is 0 Å². The summed E-state index contributed by atoms with van der Waals surface area (Å²) in [5.74, 6) is 0. The highest BCUT2D eigenvalue weighted by Crippen LogP contribution is 2.55. The number of hydrogen-bond acceptors (Lipinski definition) is 2. The number of benzene rings is 3. The Kier molecular flexibility index (Phi) is 2.23. The van der Waals surface area contributed by atoms with Crippen LogP contribution in [0.4, 0.5) is 17.1 Å². The standard InChI is InChI=1S/C20H16N2/c1-21-18-12-6-7-13-19(18)22-17-11-5-4-9-15(17)14-8-2-3-10-16(14)20(21)22/h2-13,20H,1H3. The number of para-hydroxylation sites is 3. The Morgan fingerprint density at radius 3 is 2.05 bits per heavy atom. The first-order chi connectivity index (χ1) is 10.9. The molecular weight excluding hydrogens is 268 g/mol. The molecule has 0 radical (unpaired) electrons. The number of anilines is 3. The van der Waals surface area contributed by atoms with E-state index in [2.05, 4.69) is 89.6 Å². The summed E-state index contributed by atoms with van der Waals surface area (Å²) in [6.07, 6.45) is 0.239. The molecule has 0 aromatic heterocycles. The maximum absolute atomic E-state index is 2.47. The number of hydrogen-bond donors (Lipinski definition) is 0. The number of rotatable bonds is 0. The van der Waals surface area contributed by atoms with Crippen molar-refractivity contribution in [3.05, 3.63) is 78.4 Å². The Hall–Kier alpha value is -2.74. The van der Waals surface area contributed by atoms with E-state index in [0.29, 0.717) is 0 Å². The molecule has 3 aromatic rings. The second-order valence-electron chi connectivity index (χ2n) is 5.95. The third-order valence-electron chi connectivity index (χ3n) is 4.83. The molecule has 0 amide bonds. The van der Waals surface area contributed by atoms with Crippen molar-refractivity contribution in [1.82, 2.24) is 0 Å². The fourth-order valence-corrected chi connectivity index (χ4v) is 3.89. The largest absolute Gasteiger partial charge is 0.348 e. The van der Waals surface area contributed by atoms with Crippen molar-refractivity contribution in [3.63, 3.8) is 0 Å². The second-order valence-corrected chi connectivity index (χ2v) is 5.95. The number of fused-ring (bicyclic) bond motifs is 8. The Morgan fingerprint density at radius 2 is 1.23 bits per heavy atom. The van der Waals surface area contributed by atoms with Gasteiger partial charge in [0.1, 0.15) is 6.17 Å². The van der Waals surface area contributed by atoms with Crippen molar-refractivity contribution < 1.29 is 0 Å². The molecular formula is C20H16N2. The third-order valence-corrected chi connectivity index (χ3v) is 4.83. The maximum atomic E-state index is 2.47. The molecule has 0 spiro atoms. The highest BCUT2D eigenvalue weighted by Gasteiger charge is 2.40. The quantitative estimate of drug-likeness (QED) is 0.576. The van der Waals surface area contributed by atoms with Gasteiger partial charge in [-0.05, 0) is 23.8 Å². The summed E-state index contributed by atoms with van der Waals surface area (Å²) >= 11 is 0. The molecule has 0 fully saturated rings. The Bertz CT molecular complexity index is 884. The van der Waals surface area contributed by atoms with Crippen LogP contribution in [0.3, 0.4) is 0 Å². The summed E-state index contributed by atoms with van der Waals surface area (Å²) in [6, 6.07) is 26.1. The van der Waals surface area contributed by atoms with Gasteiger partial charge in [-0.2, -0.15) is 0 Å². The van der Waals surface area contributed by atoms with E-state index in [4.69, 9.17) is 0 Å². The van der Waals surface area contributed by atoms with Gasteiger partial charge in [0.15, 0.2) is 0 Å². The van der Waals surface area contributed by atoms with Crippen LogP contribution in [-0.4, -0.2) is 7.05 Å². The topological polar surface area (TPSA) is 6.48 Å². The molecule has 0 N–H and O–H groups in total. The fourth-order valence-electron chi connectivity index (χ4n) is 3.89. The molecule has 0 aliphatic carbocycles. The normalized spacial score (nSPS) is 17.6. The summed E-state index contributed by atoms with van der Waals surface area (Å²) in [4.78, 5) is 4.84. The van der Waals surface area contributed by atoms with Crippen molar-refractivity contribution in [1.29, 1.82) is 0 Å². The predicted octanol–water partition coefficient (Wildman–Crippen LogP) is 4.95. The minimum absolute atomic E-state index is 0.239. The van der Waals surface area contributed by atoms with Crippen molar-refractivity contribution in [2.24, 2.45) is 0 Å². The SMILES string of the molecule is CN1c2ccccc2N2c3ccccc3-c3ccccc3C12. The summed E-state index contributed by atoms with van der Waals surface area (Å²) < 4.78 is 0. The smallest absolute Gasteiger partial charge is 0.133 e. The van der Waals surface area contributed by atoms with Gasteiger partial charge in [0.25, 0.3) is 0 Å². The lowest BCUT2D eigenvalue weighted by molar-refractivity contribution is 0.713. The minimum atomic E-state index is 0.239. The van der Waals surface area contributed by atoms with E-state index < -0.39 is 0 Å². The Labute approximate surface area is 130 Å². The lowest BCUT2D eigenvalue weighted by Gasteiger charge is -2.38. The van der Waals surface area contributed by atoms with Crippen LogP contribution >= 0.6 is 0 Å². The van der Waals surface area contributed by atoms with Crippen LogP contribution in [0.2, 0.25) is 0 Å². The van der Waals surface area contributed by atoms with Crippen LogP contribution in [-0.2, 0) is 0 Å². The third kappa shape index (κ3) is 1.34. The number of nitrogens with zero attached hydrogens (tertiary/aromatic N) is 2. The van der Waals surface area contributed by atoms with Gasteiger partial charge in [-0.1, -0.05) is 54.6 Å². The van der Waals surface area contributed by atoms with Crippen molar-refractivity contribution in [2.75, 3.05) is 16.8 Å². The van der Waals surface area contributed by atoms with E-state index in [1.807, 2.05) is 0 Å². The summed E-state index contributed by atoms with van der Waals surface area (Å²) in [6.45, 7) is 0. The summed E-state index contributed by atoms with van der Waals surface area (Å²) in [7, 11) is 2.19. The van der Waals surface area contributed by atoms with Gasteiger partial charge in [0, 0.05) is 18.2 Å². The van der Waals surface area contributed by atoms with E-state index in [-0.39, 0.29) is 6.17 Å². The lowest BCUT2D eigenvalue weighted by atomic mass is 9.91. The molecule has 2 aliphatic rings. The van der Waals surface area contributed by atoms with Gasteiger partial charge in [0.05, 0.1) is 17.1 Å². The van der Waals surface area contributed by atoms with E-state index in [1.165, 1.54) is 33.8 Å². The summed E-state index contributed by atoms with van der Waals surface area (Å²) in [5.41, 5.74) is 7.91. The first-order valence-electron chi connectivity index (χ1n) is 7.66. The first kappa shape index (κ1) is 11.9. The molecule has 0 saturated carbocycles. The molecule has 3 aromatic carbocycles. The van der Waals surface area contributed by atoms with Gasteiger partial charge < -0.3 is 9.80 Å². The molecule has 5 rings (SSSR count). The molecule has 22 heavy (non-hydrogen) atoms. The monoisotopic (exact) mass is 284 g/mol.